The molecule has 0 aromatic heterocycles. The first-order valence-corrected chi connectivity index (χ1v) is 4.11. The van der Waals surface area contributed by atoms with Crippen molar-refractivity contribution < 1.29 is 14.2 Å². The number of methoxy groups -OCH3 is 1. The lowest BCUT2D eigenvalue weighted by molar-refractivity contribution is 0.296. The van der Waals surface area contributed by atoms with Gasteiger partial charge in [-0.1, -0.05) is 6.07 Å². The Hall–Kier alpha value is -1.60. The molecule has 0 heterocycles. The first-order chi connectivity index (χ1) is 6.74. The molecular formula is C10H10FNO2. The number of halogens is 1. The van der Waals surface area contributed by atoms with Gasteiger partial charge in [-0.15, -0.1) is 0 Å². The number of aliphatic hydroxyl groups is 1. The third-order valence-corrected chi connectivity index (χ3v) is 1.88. The van der Waals surface area contributed by atoms with Crippen molar-refractivity contribution in [3.05, 3.63) is 29.1 Å². The van der Waals surface area contributed by atoms with Gasteiger partial charge in [0, 0.05) is 6.61 Å². The zero-order valence-electron chi connectivity index (χ0n) is 7.75. The Labute approximate surface area is 81.4 Å². The fourth-order valence-electron chi connectivity index (χ4n) is 1.20. The molecule has 0 aliphatic heterocycles. The summed E-state index contributed by atoms with van der Waals surface area (Å²) in [6.07, 6.45) is 0.216. The summed E-state index contributed by atoms with van der Waals surface area (Å²) in [6.45, 7) is -0.133. The van der Waals surface area contributed by atoms with Gasteiger partial charge in [-0.25, -0.2) is 4.39 Å². The Morgan fingerprint density at radius 1 is 1.57 bits per heavy atom. The summed E-state index contributed by atoms with van der Waals surface area (Å²) in [5.41, 5.74) is 0.509. The molecule has 0 aliphatic rings. The molecule has 0 amide bonds. The third-order valence-electron chi connectivity index (χ3n) is 1.88. The predicted octanol–water partition coefficient (Wildman–Crippen LogP) is 1.24. The highest BCUT2D eigenvalue weighted by atomic mass is 19.1. The molecule has 1 rings (SSSR count). The van der Waals surface area contributed by atoms with Crippen molar-refractivity contribution >= 4 is 0 Å². The van der Waals surface area contributed by atoms with E-state index in [-0.39, 0.29) is 24.3 Å². The molecule has 1 aromatic rings. The van der Waals surface area contributed by atoms with Crippen LogP contribution in [0.15, 0.2) is 12.1 Å². The molecule has 0 radical (unpaired) electrons. The Kier molecular flexibility index (Phi) is 3.43. The summed E-state index contributed by atoms with van der Waals surface area (Å²) in [5, 5.41) is 17.3. The second kappa shape index (κ2) is 4.58. The zero-order chi connectivity index (χ0) is 10.6. The van der Waals surface area contributed by atoms with Gasteiger partial charge in [0.2, 0.25) is 0 Å². The molecule has 1 aromatic carbocycles. The van der Waals surface area contributed by atoms with E-state index in [1.165, 1.54) is 19.2 Å². The predicted molar refractivity (Wildman–Crippen MR) is 48.5 cm³/mol. The van der Waals surface area contributed by atoms with Crippen LogP contribution in [0.3, 0.4) is 0 Å². The summed E-state index contributed by atoms with van der Waals surface area (Å²) < 4.78 is 18.3. The summed E-state index contributed by atoms with van der Waals surface area (Å²) >= 11 is 0. The summed E-state index contributed by atoms with van der Waals surface area (Å²) in [4.78, 5) is 0. The number of benzene rings is 1. The molecule has 74 valence electrons. The van der Waals surface area contributed by atoms with Gasteiger partial charge in [0.15, 0.2) is 11.6 Å². The van der Waals surface area contributed by atoms with Gasteiger partial charge in [0.25, 0.3) is 0 Å². The molecule has 0 aliphatic carbocycles. The molecule has 3 nitrogen and oxygen atoms in total. The van der Waals surface area contributed by atoms with E-state index in [4.69, 9.17) is 15.1 Å². The number of hydrogen-bond donors (Lipinski definition) is 1. The van der Waals surface area contributed by atoms with Crippen molar-refractivity contribution in [3.8, 4) is 11.8 Å². The van der Waals surface area contributed by atoms with Crippen molar-refractivity contribution in [2.45, 2.75) is 6.42 Å². The molecule has 1 N–H and O–H groups in total. The maximum absolute atomic E-state index is 13.5. The molecule has 0 saturated carbocycles. The highest BCUT2D eigenvalue weighted by molar-refractivity contribution is 5.46. The molecule has 14 heavy (non-hydrogen) atoms. The van der Waals surface area contributed by atoms with E-state index in [1.54, 1.807) is 0 Å². The van der Waals surface area contributed by atoms with Gasteiger partial charge in [0.05, 0.1) is 12.7 Å². The summed E-state index contributed by atoms with van der Waals surface area (Å²) in [7, 11) is 1.31. The normalized spacial score (nSPS) is 9.57. The van der Waals surface area contributed by atoms with Crippen molar-refractivity contribution in [1.29, 1.82) is 5.26 Å². The lowest BCUT2D eigenvalue weighted by Gasteiger charge is -2.07. The molecule has 0 saturated heterocycles. The minimum absolute atomic E-state index is 0.0570. The first kappa shape index (κ1) is 10.5. The number of aliphatic hydroxyl groups excluding tert-OH is 1. The number of ether oxygens (including phenoxy) is 1. The van der Waals surface area contributed by atoms with Gasteiger partial charge in [-0.05, 0) is 18.1 Å². The van der Waals surface area contributed by atoms with Crippen LogP contribution in [0.4, 0.5) is 4.39 Å². The van der Waals surface area contributed by atoms with E-state index in [1.807, 2.05) is 6.07 Å². The van der Waals surface area contributed by atoms with Gasteiger partial charge < -0.3 is 9.84 Å². The van der Waals surface area contributed by atoms with Crippen molar-refractivity contribution in [2.24, 2.45) is 0 Å². The van der Waals surface area contributed by atoms with Gasteiger partial charge >= 0.3 is 0 Å². The molecular weight excluding hydrogens is 185 g/mol. The van der Waals surface area contributed by atoms with Crippen LogP contribution in [-0.4, -0.2) is 18.8 Å². The fourth-order valence-corrected chi connectivity index (χ4v) is 1.20. The maximum atomic E-state index is 13.5. The van der Waals surface area contributed by atoms with Crippen molar-refractivity contribution in [1.82, 2.24) is 0 Å². The van der Waals surface area contributed by atoms with E-state index in [2.05, 4.69) is 0 Å². The minimum atomic E-state index is -0.569. The summed E-state index contributed by atoms with van der Waals surface area (Å²) in [6, 6.07) is 4.79. The first-order valence-electron chi connectivity index (χ1n) is 4.11. The van der Waals surface area contributed by atoms with E-state index in [0.29, 0.717) is 5.56 Å². The number of nitriles is 1. The number of hydrogen-bond acceptors (Lipinski definition) is 3. The van der Waals surface area contributed by atoms with Crippen molar-refractivity contribution in [2.75, 3.05) is 13.7 Å². The molecule has 0 spiro atoms. The Morgan fingerprint density at radius 2 is 2.29 bits per heavy atom. The highest BCUT2D eigenvalue weighted by Crippen LogP contribution is 2.25. The van der Waals surface area contributed by atoms with Gasteiger partial charge in [-0.3, -0.25) is 0 Å². The molecule has 0 fully saturated rings. The lowest BCUT2D eigenvalue weighted by Crippen LogP contribution is -2.00. The Balaban J connectivity index is 3.22. The standard InChI is InChI=1S/C10H10FNO2/c1-14-10-8(6-12)3-2-7(4-5-13)9(10)11/h2-3,13H,4-5H2,1H3. The smallest absolute Gasteiger partial charge is 0.172 e. The van der Waals surface area contributed by atoms with Crippen LogP contribution in [0.1, 0.15) is 11.1 Å². The lowest BCUT2D eigenvalue weighted by atomic mass is 10.1. The van der Waals surface area contributed by atoms with Crippen LogP contribution >= 0.6 is 0 Å². The molecule has 0 bridgehead atoms. The van der Waals surface area contributed by atoms with Crippen LogP contribution in [-0.2, 0) is 6.42 Å². The monoisotopic (exact) mass is 195 g/mol. The van der Waals surface area contributed by atoms with Crippen LogP contribution in [0, 0.1) is 17.1 Å². The number of rotatable bonds is 3. The van der Waals surface area contributed by atoms with Crippen LogP contribution in [0.25, 0.3) is 0 Å². The largest absolute Gasteiger partial charge is 0.492 e. The second-order valence-corrected chi connectivity index (χ2v) is 2.70. The Morgan fingerprint density at radius 3 is 2.79 bits per heavy atom. The zero-order valence-corrected chi connectivity index (χ0v) is 7.75. The van der Waals surface area contributed by atoms with Gasteiger partial charge in [0.1, 0.15) is 6.07 Å². The maximum Gasteiger partial charge on any atom is 0.172 e. The van der Waals surface area contributed by atoms with E-state index < -0.39 is 5.82 Å². The van der Waals surface area contributed by atoms with Crippen LogP contribution < -0.4 is 4.74 Å². The van der Waals surface area contributed by atoms with E-state index in [9.17, 15) is 4.39 Å². The average Bonchev–Trinajstić information content (AvgIpc) is 2.21. The minimum Gasteiger partial charge on any atom is -0.492 e. The topological polar surface area (TPSA) is 53.2 Å². The van der Waals surface area contributed by atoms with E-state index >= 15 is 0 Å². The molecule has 0 atom stereocenters. The van der Waals surface area contributed by atoms with Crippen LogP contribution in [0.2, 0.25) is 0 Å². The second-order valence-electron chi connectivity index (χ2n) is 2.70. The third kappa shape index (κ3) is 1.83. The quantitative estimate of drug-likeness (QED) is 0.789. The van der Waals surface area contributed by atoms with Gasteiger partial charge in [-0.2, -0.15) is 5.26 Å². The molecule has 0 unspecified atom stereocenters. The van der Waals surface area contributed by atoms with Crippen LogP contribution in [0.5, 0.6) is 5.75 Å². The van der Waals surface area contributed by atoms with E-state index in [0.717, 1.165) is 0 Å². The Bertz CT molecular complexity index is 371. The average molecular weight is 195 g/mol. The fraction of sp³-hybridized carbons (Fsp3) is 0.300. The SMILES string of the molecule is COc1c(C#N)ccc(CCO)c1F. The number of nitrogens with zero attached hydrogens (tertiary/aromatic N) is 1. The van der Waals surface area contributed by atoms with Crippen molar-refractivity contribution in [3.63, 3.8) is 0 Å². The summed E-state index contributed by atoms with van der Waals surface area (Å²) in [5.74, 6) is -0.626. The molecule has 4 heteroatoms. The highest BCUT2D eigenvalue weighted by Gasteiger charge is 2.13.